The van der Waals surface area contributed by atoms with E-state index in [4.69, 9.17) is 0 Å². The van der Waals surface area contributed by atoms with Crippen molar-refractivity contribution in [3.8, 4) is 0 Å². The molecule has 1 aromatic rings. The molecule has 138 valence electrons. The molecule has 0 saturated heterocycles. The highest BCUT2D eigenvalue weighted by molar-refractivity contribution is 7.14. The molecule has 1 heterocycles. The fraction of sp³-hybridized carbons (Fsp3) is 0.533. The first-order valence-electron chi connectivity index (χ1n) is 7.65. The molecule has 2 unspecified atom stereocenters. The Labute approximate surface area is 145 Å². The Morgan fingerprint density at radius 3 is 2.64 bits per heavy atom. The number of carbonyl (C=O) groups excluding carboxylic acids is 3. The fourth-order valence-electron chi connectivity index (χ4n) is 2.64. The number of hydrogen-bond acceptors (Lipinski definition) is 5. The number of rotatable bonds is 4. The minimum Gasteiger partial charge on any atom is -0.450 e. The van der Waals surface area contributed by atoms with Gasteiger partial charge in [0, 0.05) is 5.92 Å². The number of alkyl halides is 3. The second kappa shape index (κ2) is 7.85. The Kier molecular flexibility index (Phi) is 6.04. The van der Waals surface area contributed by atoms with Crippen molar-refractivity contribution in [1.82, 2.24) is 5.32 Å². The maximum Gasteiger partial charge on any atom is 0.414 e. The summed E-state index contributed by atoms with van der Waals surface area (Å²) in [6.07, 6.45) is -5.42. The number of alkyl carbamates (subject to hydrolysis) is 1. The Morgan fingerprint density at radius 1 is 1.32 bits per heavy atom. The summed E-state index contributed by atoms with van der Waals surface area (Å²) in [6.45, 7) is 1.67. The smallest absolute Gasteiger partial charge is 0.414 e. The van der Waals surface area contributed by atoms with Crippen molar-refractivity contribution >= 4 is 34.2 Å². The van der Waals surface area contributed by atoms with Crippen LogP contribution in [0, 0.1) is 11.8 Å². The van der Waals surface area contributed by atoms with E-state index in [9.17, 15) is 27.6 Å². The van der Waals surface area contributed by atoms with E-state index in [2.05, 4.69) is 10.1 Å². The van der Waals surface area contributed by atoms with E-state index in [1.807, 2.05) is 5.32 Å². The van der Waals surface area contributed by atoms with Crippen LogP contribution in [0.1, 0.15) is 36.5 Å². The van der Waals surface area contributed by atoms with Crippen LogP contribution in [0.3, 0.4) is 0 Å². The van der Waals surface area contributed by atoms with Gasteiger partial charge in [0.05, 0.1) is 18.1 Å². The number of imide groups is 1. The second-order valence-corrected chi connectivity index (χ2v) is 6.49. The summed E-state index contributed by atoms with van der Waals surface area (Å²) in [4.78, 5) is 35.5. The van der Waals surface area contributed by atoms with E-state index in [0.29, 0.717) is 0 Å². The zero-order valence-corrected chi connectivity index (χ0v) is 14.1. The molecule has 25 heavy (non-hydrogen) atoms. The summed E-state index contributed by atoms with van der Waals surface area (Å²) in [6, 6.07) is 1.40. The fourth-order valence-corrected chi connectivity index (χ4v) is 3.43. The van der Waals surface area contributed by atoms with Gasteiger partial charge in [-0.2, -0.15) is 13.2 Å². The Morgan fingerprint density at radius 2 is 2.04 bits per heavy atom. The van der Waals surface area contributed by atoms with Crippen LogP contribution in [-0.2, 0) is 9.53 Å². The van der Waals surface area contributed by atoms with Gasteiger partial charge in [-0.15, -0.1) is 11.3 Å². The molecular formula is C15H17F3N2O4S. The molecule has 0 radical (unpaired) electrons. The number of thiophene rings is 1. The van der Waals surface area contributed by atoms with Crippen LogP contribution >= 0.6 is 11.3 Å². The molecule has 3 amide bonds. The predicted molar refractivity (Wildman–Crippen MR) is 84.3 cm³/mol. The molecule has 0 bridgehead atoms. The second-order valence-electron chi connectivity index (χ2n) is 5.58. The molecule has 1 aromatic heterocycles. The third-order valence-corrected chi connectivity index (χ3v) is 4.73. The van der Waals surface area contributed by atoms with Crippen molar-refractivity contribution in [3.63, 3.8) is 0 Å². The normalized spacial score (nSPS) is 20.2. The van der Waals surface area contributed by atoms with Gasteiger partial charge in [-0.1, -0.05) is 0 Å². The summed E-state index contributed by atoms with van der Waals surface area (Å²) < 4.78 is 42.7. The number of hydrogen-bond donors (Lipinski definition) is 2. The minimum atomic E-state index is -4.30. The van der Waals surface area contributed by atoms with Crippen molar-refractivity contribution in [1.29, 1.82) is 0 Å². The quantitative estimate of drug-likeness (QED) is 0.839. The molecule has 2 atom stereocenters. The molecule has 1 saturated carbocycles. The van der Waals surface area contributed by atoms with E-state index in [-0.39, 0.29) is 36.4 Å². The Hall–Kier alpha value is -2.10. The Balaban J connectivity index is 1.98. The Bertz CT molecular complexity index is 659. The van der Waals surface area contributed by atoms with E-state index in [0.717, 1.165) is 11.3 Å². The summed E-state index contributed by atoms with van der Waals surface area (Å²) in [5, 5.41) is 6.20. The molecule has 1 aliphatic carbocycles. The lowest BCUT2D eigenvalue weighted by Gasteiger charge is -2.14. The highest BCUT2D eigenvalue weighted by atomic mass is 32.1. The molecule has 1 aliphatic rings. The van der Waals surface area contributed by atoms with Crippen LogP contribution in [0.2, 0.25) is 0 Å². The van der Waals surface area contributed by atoms with Gasteiger partial charge in [0.25, 0.3) is 5.91 Å². The van der Waals surface area contributed by atoms with E-state index < -0.39 is 35.9 Å². The highest BCUT2D eigenvalue weighted by Crippen LogP contribution is 2.42. The average Bonchev–Trinajstić information content (AvgIpc) is 3.15. The van der Waals surface area contributed by atoms with Gasteiger partial charge in [-0.3, -0.25) is 14.9 Å². The summed E-state index contributed by atoms with van der Waals surface area (Å²) in [5.74, 6) is -3.54. The number of nitrogens with one attached hydrogen (secondary N) is 2. The van der Waals surface area contributed by atoms with Crippen molar-refractivity contribution in [2.75, 3.05) is 11.9 Å². The first-order valence-corrected chi connectivity index (χ1v) is 8.53. The third-order valence-electron chi connectivity index (χ3n) is 3.90. The van der Waals surface area contributed by atoms with Crippen molar-refractivity contribution in [2.45, 2.75) is 32.4 Å². The molecule has 0 spiro atoms. The minimum absolute atomic E-state index is 0.0526. The standard InChI is InChI=1S/C15H17F3N2O4S/c1-2-24-14(23)20-12(22)10-5-6-25-13(10)19-11(21)8-3-4-9(7-8)15(16,17)18/h5-6,8-9H,2-4,7H2,1H3,(H,19,21)(H,20,22,23). The number of ether oxygens (including phenoxy) is 1. The molecule has 2 N–H and O–H groups in total. The average molecular weight is 378 g/mol. The summed E-state index contributed by atoms with van der Waals surface area (Å²) in [5.41, 5.74) is 0.0526. The SMILES string of the molecule is CCOC(=O)NC(=O)c1ccsc1NC(=O)C1CCC(C(F)(F)F)C1. The zero-order valence-electron chi connectivity index (χ0n) is 13.3. The molecular weight excluding hydrogens is 361 g/mol. The molecule has 10 heteroatoms. The summed E-state index contributed by atoms with van der Waals surface area (Å²) in [7, 11) is 0. The first kappa shape index (κ1) is 19.2. The van der Waals surface area contributed by atoms with Gasteiger partial charge in [0.2, 0.25) is 5.91 Å². The topological polar surface area (TPSA) is 84.5 Å². The largest absolute Gasteiger partial charge is 0.450 e. The van der Waals surface area contributed by atoms with Gasteiger partial charge < -0.3 is 10.1 Å². The maximum atomic E-state index is 12.7. The molecule has 1 fully saturated rings. The molecule has 6 nitrogen and oxygen atoms in total. The number of amides is 3. The van der Waals surface area contributed by atoms with Gasteiger partial charge >= 0.3 is 12.3 Å². The van der Waals surface area contributed by atoms with Gasteiger partial charge in [-0.05, 0) is 37.6 Å². The molecule has 0 aliphatic heterocycles. The lowest BCUT2D eigenvalue weighted by atomic mass is 10.0. The van der Waals surface area contributed by atoms with Crippen LogP contribution in [0.4, 0.5) is 23.0 Å². The maximum absolute atomic E-state index is 12.7. The molecule has 0 aromatic carbocycles. The zero-order chi connectivity index (χ0) is 18.6. The monoisotopic (exact) mass is 378 g/mol. The van der Waals surface area contributed by atoms with Crippen molar-refractivity contribution in [3.05, 3.63) is 17.0 Å². The van der Waals surface area contributed by atoms with Crippen molar-refractivity contribution < 1.29 is 32.3 Å². The van der Waals surface area contributed by atoms with Crippen LogP contribution < -0.4 is 10.6 Å². The van der Waals surface area contributed by atoms with E-state index >= 15 is 0 Å². The lowest BCUT2D eigenvalue weighted by Crippen LogP contribution is -2.31. The lowest BCUT2D eigenvalue weighted by molar-refractivity contribution is -0.173. The van der Waals surface area contributed by atoms with Gasteiger partial charge in [0.15, 0.2) is 0 Å². The number of anilines is 1. The van der Waals surface area contributed by atoms with Crippen LogP contribution in [0.15, 0.2) is 11.4 Å². The van der Waals surface area contributed by atoms with Gasteiger partial charge in [-0.25, -0.2) is 4.79 Å². The van der Waals surface area contributed by atoms with E-state index in [1.54, 1.807) is 6.92 Å². The van der Waals surface area contributed by atoms with Crippen molar-refractivity contribution in [2.24, 2.45) is 11.8 Å². The number of halogens is 3. The molecule has 2 rings (SSSR count). The van der Waals surface area contributed by atoms with Gasteiger partial charge in [0.1, 0.15) is 5.00 Å². The number of carbonyl (C=O) groups is 3. The highest BCUT2D eigenvalue weighted by Gasteiger charge is 2.45. The third kappa shape index (κ3) is 4.94. The van der Waals surface area contributed by atoms with Crippen LogP contribution in [0.25, 0.3) is 0 Å². The van der Waals surface area contributed by atoms with Crippen LogP contribution in [-0.4, -0.2) is 30.7 Å². The van der Waals surface area contributed by atoms with Crippen LogP contribution in [0.5, 0.6) is 0 Å². The van der Waals surface area contributed by atoms with E-state index in [1.165, 1.54) is 11.4 Å². The predicted octanol–water partition coefficient (Wildman–Crippen LogP) is 3.55. The first-order chi connectivity index (χ1) is 11.7. The summed E-state index contributed by atoms with van der Waals surface area (Å²) >= 11 is 1.04.